The second-order valence-electron chi connectivity index (χ2n) is 6.51. The van der Waals surface area contributed by atoms with Gasteiger partial charge in [0.1, 0.15) is 17.6 Å². The van der Waals surface area contributed by atoms with Crippen molar-refractivity contribution in [1.82, 2.24) is 0 Å². The van der Waals surface area contributed by atoms with Gasteiger partial charge in [0.25, 0.3) is 0 Å². The number of rotatable bonds is 1. The van der Waals surface area contributed by atoms with E-state index in [0.717, 1.165) is 23.1 Å². The van der Waals surface area contributed by atoms with Crippen LogP contribution in [0.5, 0.6) is 11.5 Å². The van der Waals surface area contributed by atoms with E-state index in [1.165, 1.54) is 0 Å². The van der Waals surface area contributed by atoms with Crippen molar-refractivity contribution in [2.75, 3.05) is 0 Å². The van der Waals surface area contributed by atoms with Gasteiger partial charge in [-0.1, -0.05) is 25.1 Å². The lowest BCUT2D eigenvalue weighted by Crippen LogP contribution is -2.21. The molecule has 0 amide bonds. The molecule has 0 aromatic heterocycles. The zero-order chi connectivity index (χ0) is 16.1. The van der Waals surface area contributed by atoms with Crippen LogP contribution >= 0.6 is 0 Å². The Kier molecular flexibility index (Phi) is 3.16. The highest BCUT2D eigenvalue weighted by Gasteiger charge is 2.35. The Balaban J connectivity index is 1.91. The van der Waals surface area contributed by atoms with Gasteiger partial charge in [-0.25, -0.2) is 0 Å². The van der Waals surface area contributed by atoms with Crippen LogP contribution < -0.4 is 0 Å². The maximum Gasteiger partial charge on any atom is 0.163 e. The normalized spacial score (nSPS) is 22.7. The number of aromatic hydroxyl groups is 2. The average Bonchev–Trinajstić information content (AvgIpc) is 2.93. The summed E-state index contributed by atoms with van der Waals surface area (Å²) >= 11 is 0. The fraction of sp³-hybridized carbons (Fsp3) is 0.316. The second-order valence-corrected chi connectivity index (χ2v) is 6.51. The van der Waals surface area contributed by atoms with Gasteiger partial charge in [-0.2, -0.15) is 0 Å². The first-order chi connectivity index (χ1) is 11.1. The van der Waals surface area contributed by atoms with Crippen LogP contribution in [0.3, 0.4) is 0 Å². The van der Waals surface area contributed by atoms with Crippen molar-refractivity contribution in [3.63, 3.8) is 0 Å². The average molecular weight is 310 g/mol. The number of phenolic OH excluding ortho intramolecular Hbond substituents is 2. The van der Waals surface area contributed by atoms with E-state index < -0.39 is 6.10 Å². The Hall–Kier alpha value is -2.33. The van der Waals surface area contributed by atoms with Gasteiger partial charge in [-0.05, 0) is 35.6 Å². The van der Waals surface area contributed by atoms with Crippen LogP contribution in [0.2, 0.25) is 0 Å². The molecule has 2 aromatic rings. The summed E-state index contributed by atoms with van der Waals surface area (Å²) in [6.07, 6.45) is 0.807. The van der Waals surface area contributed by atoms with Gasteiger partial charge in [-0.15, -0.1) is 0 Å². The number of phenols is 2. The van der Waals surface area contributed by atoms with Crippen LogP contribution in [0.4, 0.5) is 0 Å². The van der Waals surface area contributed by atoms with Gasteiger partial charge in [0.15, 0.2) is 5.78 Å². The number of fused-ring (bicyclic) bond motifs is 2. The van der Waals surface area contributed by atoms with E-state index in [1.54, 1.807) is 18.2 Å². The summed E-state index contributed by atoms with van der Waals surface area (Å²) in [5.74, 6) is 0.636. The molecule has 2 aliphatic rings. The maximum absolute atomic E-state index is 12.6. The molecular formula is C19H18O4. The summed E-state index contributed by atoms with van der Waals surface area (Å²) in [6.45, 7) is 2.34. The molecule has 0 saturated heterocycles. The summed E-state index contributed by atoms with van der Waals surface area (Å²) in [6, 6.07) is 8.73. The highest BCUT2D eigenvalue weighted by Crippen LogP contribution is 2.45. The highest BCUT2D eigenvalue weighted by molar-refractivity contribution is 6.01. The molecule has 1 aliphatic carbocycles. The molecule has 4 heteroatoms. The Morgan fingerprint density at radius 3 is 2.74 bits per heavy atom. The molecule has 2 atom stereocenters. The van der Waals surface area contributed by atoms with Crippen LogP contribution in [-0.2, 0) is 17.8 Å². The van der Waals surface area contributed by atoms with E-state index in [-0.39, 0.29) is 23.9 Å². The fourth-order valence-corrected chi connectivity index (χ4v) is 3.77. The maximum atomic E-state index is 12.6. The molecule has 0 spiro atoms. The lowest BCUT2D eigenvalue weighted by molar-refractivity contribution is 0.0859. The molecule has 0 bridgehead atoms. The van der Waals surface area contributed by atoms with Crippen molar-refractivity contribution in [2.45, 2.75) is 32.5 Å². The number of hydrogen-bond donors (Lipinski definition) is 2. The predicted octanol–water partition coefficient (Wildman–Crippen LogP) is 3.48. The summed E-state index contributed by atoms with van der Waals surface area (Å²) in [5, 5.41) is 20.4. The molecule has 4 rings (SSSR count). The Labute approximate surface area is 134 Å². The van der Waals surface area contributed by atoms with E-state index >= 15 is 0 Å². The third-order valence-corrected chi connectivity index (χ3v) is 4.82. The minimum absolute atomic E-state index is 0.0573. The number of carbonyl (C=O) groups excluding carboxylic acids is 1. The molecule has 0 radical (unpaired) electrons. The molecule has 1 heterocycles. The third kappa shape index (κ3) is 2.13. The van der Waals surface area contributed by atoms with Crippen molar-refractivity contribution in [1.29, 1.82) is 0 Å². The standard InChI is InChI=1S/C19H18O4/c1-10-7-11-5-6-15(21)18(17(11)16(22)8-10)19-12-3-2-4-14(20)13(12)9-23-19/h2-6,10,19-21H,7-9H2,1H3. The van der Waals surface area contributed by atoms with Crippen LogP contribution in [-0.4, -0.2) is 16.0 Å². The van der Waals surface area contributed by atoms with E-state index in [9.17, 15) is 15.0 Å². The number of carbonyl (C=O) groups is 1. The minimum atomic E-state index is -0.510. The SMILES string of the molecule is CC1CC(=O)c2c(ccc(O)c2C2OCc3c(O)cccc32)C1. The lowest BCUT2D eigenvalue weighted by atomic mass is 9.79. The van der Waals surface area contributed by atoms with Crippen molar-refractivity contribution < 1.29 is 19.7 Å². The number of hydrogen-bond acceptors (Lipinski definition) is 4. The number of Topliss-reactive ketones (excluding diaryl/α,β-unsaturated/α-hetero) is 1. The van der Waals surface area contributed by atoms with Crippen molar-refractivity contribution in [3.05, 3.63) is 58.1 Å². The highest BCUT2D eigenvalue weighted by atomic mass is 16.5. The molecule has 23 heavy (non-hydrogen) atoms. The summed E-state index contributed by atoms with van der Waals surface area (Å²) in [7, 11) is 0. The van der Waals surface area contributed by atoms with Crippen LogP contribution in [0.25, 0.3) is 0 Å². The van der Waals surface area contributed by atoms with Crippen LogP contribution in [0.15, 0.2) is 30.3 Å². The Morgan fingerprint density at radius 1 is 1.09 bits per heavy atom. The Bertz CT molecular complexity index is 809. The first-order valence-electron chi connectivity index (χ1n) is 7.86. The number of benzene rings is 2. The minimum Gasteiger partial charge on any atom is -0.508 e. The lowest BCUT2D eigenvalue weighted by Gasteiger charge is -2.25. The van der Waals surface area contributed by atoms with Crippen LogP contribution in [0.1, 0.15) is 52.1 Å². The third-order valence-electron chi connectivity index (χ3n) is 4.82. The van der Waals surface area contributed by atoms with E-state index in [1.807, 2.05) is 12.1 Å². The molecule has 2 aromatic carbocycles. The molecule has 4 nitrogen and oxygen atoms in total. The molecule has 0 fully saturated rings. The smallest absolute Gasteiger partial charge is 0.163 e. The summed E-state index contributed by atoms with van der Waals surface area (Å²) < 4.78 is 5.84. The zero-order valence-electron chi connectivity index (χ0n) is 12.9. The van der Waals surface area contributed by atoms with Gasteiger partial charge in [0.2, 0.25) is 0 Å². The van der Waals surface area contributed by atoms with E-state index in [4.69, 9.17) is 4.74 Å². The fourth-order valence-electron chi connectivity index (χ4n) is 3.77. The zero-order valence-corrected chi connectivity index (χ0v) is 12.9. The number of ketones is 1. The first-order valence-corrected chi connectivity index (χ1v) is 7.86. The van der Waals surface area contributed by atoms with Crippen molar-refractivity contribution >= 4 is 5.78 Å². The topological polar surface area (TPSA) is 66.8 Å². The second kappa shape index (κ2) is 5.10. The van der Waals surface area contributed by atoms with E-state index in [2.05, 4.69) is 6.92 Å². The molecule has 2 N–H and O–H groups in total. The van der Waals surface area contributed by atoms with Crippen LogP contribution in [0, 0.1) is 5.92 Å². The van der Waals surface area contributed by atoms with Gasteiger partial charge < -0.3 is 14.9 Å². The molecular weight excluding hydrogens is 292 g/mol. The van der Waals surface area contributed by atoms with Crippen molar-refractivity contribution in [3.8, 4) is 11.5 Å². The predicted molar refractivity (Wildman–Crippen MR) is 84.7 cm³/mol. The molecule has 2 unspecified atom stereocenters. The summed E-state index contributed by atoms with van der Waals surface area (Å²) in [5.41, 5.74) is 3.66. The van der Waals surface area contributed by atoms with E-state index in [0.29, 0.717) is 23.5 Å². The number of ether oxygens (including phenoxy) is 1. The van der Waals surface area contributed by atoms with Gasteiger partial charge in [-0.3, -0.25) is 4.79 Å². The molecule has 0 saturated carbocycles. The van der Waals surface area contributed by atoms with Gasteiger partial charge >= 0.3 is 0 Å². The van der Waals surface area contributed by atoms with Gasteiger partial charge in [0.05, 0.1) is 6.61 Å². The summed E-state index contributed by atoms with van der Waals surface area (Å²) in [4.78, 5) is 12.6. The molecule has 1 aliphatic heterocycles. The molecule has 118 valence electrons. The quantitative estimate of drug-likeness (QED) is 0.846. The largest absolute Gasteiger partial charge is 0.508 e. The van der Waals surface area contributed by atoms with Gasteiger partial charge in [0, 0.05) is 23.1 Å². The monoisotopic (exact) mass is 310 g/mol. The van der Waals surface area contributed by atoms with Crippen molar-refractivity contribution in [2.24, 2.45) is 5.92 Å². The Morgan fingerprint density at radius 2 is 1.91 bits per heavy atom. The first kappa shape index (κ1) is 14.3.